The lowest BCUT2D eigenvalue weighted by molar-refractivity contribution is -0.244. The number of hydrogen-bond acceptors (Lipinski definition) is 3. The van der Waals surface area contributed by atoms with Crippen LogP contribution in [-0.4, -0.2) is 24.9 Å². The molecule has 0 saturated carbocycles. The molecule has 0 radical (unpaired) electrons. The topological polar surface area (TPSA) is 27.7 Å². The van der Waals surface area contributed by atoms with Crippen LogP contribution in [0.15, 0.2) is 30.3 Å². The van der Waals surface area contributed by atoms with Crippen LogP contribution in [0.1, 0.15) is 25.2 Å². The third kappa shape index (κ3) is 1.86. The molecule has 2 fully saturated rings. The molecule has 3 nitrogen and oxygen atoms in total. The van der Waals surface area contributed by atoms with E-state index < -0.39 is 0 Å². The van der Waals surface area contributed by atoms with E-state index in [1.165, 1.54) is 0 Å². The highest BCUT2D eigenvalue weighted by molar-refractivity contribution is 5.16. The smallest absolute Gasteiger partial charge is 0.184 e. The van der Waals surface area contributed by atoms with E-state index in [4.69, 9.17) is 14.2 Å². The molecule has 3 rings (SSSR count). The summed E-state index contributed by atoms with van der Waals surface area (Å²) in [4.78, 5) is 0. The van der Waals surface area contributed by atoms with Gasteiger partial charge in [0.15, 0.2) is 6.29 Å². The van der Waals surface area contributed by atoms with Crippen molar-refractivity contribution in [3.05, 3.63) is 35.9 Å². The summed E-state index contributed by atoms with van der Waals surface area (Å²) in [7, 11) is 0. The fourth-order valence-corrected chi connectivity index (χ4v) is 2.38. The van der Waals surface area contributed by atoms with E-state index in [1.807, 2.05) is 30.3 Å². The summed E-state index contributed by atoms with van der Waals surface area (Å²) in [5.41, 5.74) is 1.08. The van der Waals surface area contributed by atoms with E-state index >= 15 is 0 Å². The van der Waals surface area contributed by atoms with Crippen LogP contribution in [0, 0.1) is 0 Å². The molecule has 2 aliphatic rings. The Bertz CT molecular complexity index is 351. The number of ether oxygens (including phenoxy) is 3. The van der Waals surface area contributed by atoms with Crippen LogP contribution >= 0.6 is 0 Å². The summed E-state index contributed by atoms with van der Waals surface area (Å²) in [6, 6.07) is 10.1. The molecule has 0 aromatic heterocycles. The van der Waals surface area contributed by atoms with Gasteiger partial charge >= 0.3 is 0 Å². The monoisotopic (exact) mass is 220 g/mol. The quantitative estimate of drug-likeness (QED) is 0.726. The molecule has 2 saturated heterocycles. The van der Waals surface area contributed by atoms with Crippen molar-refractivity contribution in [1.29, 1.82) is 0 Å². The van der Waals surface area contributed by atoms with Crippen molar-refractivity contribution in [2.24, 2.45) is 0 Å². The van der Waals surface area contributed by atoms with Gasteiger partial charge in [0.05, 0.1) is 18.8 Å². The van der Waals surface area contributed by atoms with Crippen molar-refractivity contribution in [1.82, 2.24) is 0 Å². The molecular weight excluding hydrogens is 204 g/mol. The predicted molar refractivity (Wildman–Crippen MR) is 59.0 cm³/mol. The highest BCUT2D eigenvalue weighted by Crippen LogP contribution is 2.34. The van der Waals surface area contributed by atoms with Gasteiger partial charge in [-0.3, -0.25) is 0 Å². The van der Waals surface area contributed by atoms with Crippen LogP contribution in [-0.2, 0) is 14.2 Å². The third-order valence-corrected chi connectivity index (χ3v) is 3.17. The van der Waals surface area contributed by atoms with Gasteiger partial charge in [-0.05, 0) is 6.92 Å². The first kappa shape index (κ1) is 10.3. The Morgan fingerprint density at radius 2 is 1.88 bits per heavy atom. The van der Waals surface area contributed by atoms with E-state index in [0.29, 0.717) is 6.61 Å². The maximum Gasteiger partial charge on any atom is 0.184 e. The summed E-state index contributed by atoms with van der Waals surface area (Å²) in [6.45, 7) is 2.72. The van der Waals surface area contributed by atoms with Crippen molar-refractivity contribution in [2.75, 3.05) is 6.61 Å². The average Bonchev–Trinajstić information content (AvgIpc) is 2.69. The minimum absolute atomic E-state index is 0.120. The van der Waals surface area contributed by atoms with Gasteiger partial charge in [-0.1, -0.05) is 30.3 Å². The SMILES string of the molecule is CC1CC2OC(c3ccccc3)OC[C@H]2O1. The van der Waals surface area contributed by atoms with Crippen LogP contribution in [0.25, 0.3) is 0 Å². The molecule has 3 heteroatoms. The summed E-state index contributed by atoms with van der Waals surface area (Å²) in [5.74, 6) is 0. The Hall–Kier alpha value is -0.900. The Balaban J connectivity index is 1.72. The van der Waals surface area contributed by atoms with Gasteiger partial charge in [-0.25, -0.2) is 0 Å². The molecule has 16 heavy (non-hydrogen) atoms. The first-order chi connectivity index (χ1) is 7.83. The van der Waals surface area contributed by atoms with Gasteiger partial charge in [0.2, 0.25) is 0 Å². The van der Waals surface area contributed by atoms with Crippen LogP contribution in [0.2, 0.25) is 0 Å². The van der Waals surface area contributed by atoms with E-state index in [0.717, 1.165) is 12.0 Å². The van der Waals surface area contributed by atoms with Gasteiger partial charge in [-0.15, -0.1) is 0 Å². The van der Waals surface area contributed by atoms with Crippen LogP contribution in [0.4, 0.5) is 0 Å². The first-order valence-electron chi connectivity index (χ1n) is 5.80. The zero-order valence-corrected chi connectivity index (χ0v) is 9.34. The van der Waals surface area contributed by atoms with Gasteiger partial charge in [0.1, 0.15) is 6.10 Å². The molecule has 0 amide bonds. The van der Waals surface area contributed by atoms with Gasteiger partial charge < -0.3 is 14.2 Å². The molecule has 0 N–H and O–H groups in total. The Labute approximate surface area is 95.3 Å². The van der Waals surface area contributed by atoms with Crippen molar-refractivity contribution >= 4 is 0 Å². The molecule has 0 aliphatic carbocycles. The lowest BCUT2D eigenvalue weighted by Gasteiger charge is -2.31. The first-order valence-corrected chi connectivity index (χ1v) is 5.80. The maximum atomic E-state index is 5.92. The highest BCUT2D eigenvalue weighted by atomic mass is 16.7. The molecule has 2 aliphatic heterocycles. The van der Waals surface area contributed by atoms with E-state index in [9.17, 15) is 0 Å². The average molecular weight is 220 g/mol. The van der Waals surface area contributed by atoms with E-state index in [-0.39, 0.29) is 24.6 Å². The van der Waals surface area contributed by atoms with Crippen molar-refractivity contribution in [3.8, 4) is 0 Å². The molecule has 0 bridgehead atoms. The number of benzene rings is 1. The molecule has 1 aromatic rings. The zero-order valence-electron chi connectivity index (χ0n) is 9.34. The molecule has 4 atom stereocenters. The standard InChI is InChI=1S/C13H16O3/c1-9-7-11-12(15-9)8-14-13(16-11)10-5-3-2-4-6-10/h2-6,9,11-13H,7-8H2,1H3/t9?,11?,12-,13?/m1/s1. The Morgan fingerprint density at radius 1 is 1.06 bits per heavy atom. The second-order valence-corrected chi connectivity index (χ2v) is 4.47. The molecular formula is C13H16O3. The van der Waals surface area contributed by atoms with E-state index in [1.54, 1.807) is 0 Å². The molecule has 0 spiro atoms. The lowest BCUT2D eigenvalue weighted by Crippen LogP contribution is -2.37. The number of fused-ring (bicyclic) bond motifs is 1. The minimum atomic E-state index is -0.226. The van der Waals surface area contributed by atoms with Crippen LogP contribution < -0.4 is 0 Å². The summed E-state index contributed by atoms with van der Waals surface area (Å²) in [5, 5.41) is 0. The second kappa shape index (κ2) is 4.17. The van der Waals surface area contributed by atoms with E-state index in [2.05, 4.69) is 6.92 Å². The van der Waals surface area contributed by atoms with Crippen LogP contribution in [0.3, 0.4) is 0 Å². The highest BCUT2D eigenvalue weighted by Gasteiger charge is 2.39. The molecule has 1 aromatic carbocycles. The minimum Gasteiger partial charge on any atom is -0.370 e. The Morgan fingerprint density at radius 3 is 2.69 bits per heavy atom. The normalized spacial score (nSPS) is 38.3. The summed E-state index contributed by atoms with van der Waals surface area (Å²) < 4.78 is 17.3. The van der Waals surface area contributed by atoms with Crippen molar-refractivity contribution in [2.45, 2.75) is 37.9 Å². The second-order valence-electron chi connectivity index (χ2n) is 4.47. The lowest BCUT2D eigenvalue weighted by atomic mass is 10.1. The summed E-state index contributed by atoms with van der Waals surface area (Å²) >= 11 is 0. The third-order valence-electron chi connectivity index (χ3n) is 3.17. The van der Waals surface area contributed by atoms with Crippen molar-refractivity contribution in [3.63, 3.8) is 0 Å². The molecule has 86 valence electrons. The predicted octanol–water partition coefficient (Wildman–Crippen LogP) is 2.28. The van der Waals surface area contributed by atoms with Gasteiger partial charge in [0.25, 0.3) is 0 Å². The van der Waals surface area contributed by atoms with Gasteiger partial charge in [-0.2, -0.15) is 0 Å². The van der Waals surface area contributed by atoms with Gasteiger partial charge in [0, 0.05) is 12.0 Å². The Kier molecular flexibility index (Phi) is 2.67. The zero-order chi connectivity index (χ0) is 11.0. The molecule has 2 heterocycles. The van der Waals surface area contributed by atoms with Crippen molar-refractivity contribution < 1.29 is 14.2 Å². The fourth-order valence-electron chi connectivity index (χ4n) is 2.38. The largest absolute Gasteiger partial charge is 0.370 e. The number of hydrogen-bond donors (Lipinski definition) is 0. The molecule has 3 unspecified atom stereocenters. The maximum absolute atomic E-state index is 5.92. The summed E-state index contributed by atoms with van der Waals surface area (Å²) in [6.07, 6.45) is 1.34. The number of rotatable bonds is 1. The van der Waals surface area contributed by atoms with Crippen LogP contribution in [0.5, 0.6) is 0 Å². The fraction of sp³-hybridized carbons (Fsp3) is 0.538.